The Labute approximate surface area is 156 Å². The van der Waals surface area contributed by atoms with Gasteiger partial charge in [-0.2, -0.15) is 0 Å². The Hall–Kier alpha value is -1.85. The summed E-state index contributed by atoms with van der Waals surface area (Å²) in [5, 5.41) is 2.95. The zero-order chi connectivity index (χ0) is 17.2. The average Bonchev–Trinajstić information content (AvgIpc) is 2.63. The van der Waals surface area contributed by atoms with E-state index in [9.17, 15) is 4.79 Å². The Morgan fingerprint density at radius 2 is 1.88 bits per heavy atom. The highest BCUT2D eigenvalue weighted by Crippen LogP contribution is 2.32. The van der Waals surface area contributed by atoms with E-state index in [1.165, 1.54) is 0 Å². The summed E-state index contributed by atoms with van der Waals surface area (Å²) in [7, 11) is 0. The normalized spacial score (nSPS) is 24.8. The Morgan fingerprint density at radius 3 is 2.56 bits per heavy atom. The number of nitrogens with zero attached hydrogens (tertiary/aromatic N) is 1. The summed E-state index contributed by atoms with van der Waals surface area (Å²) in [6.07, 6.45) is 1.90. The van der Waals surface area contributed by atoms with Crippen molar-refractivity contribution in [3.05, 3.63) is 53.0 Å². The molecule has 3 aliphatic heterocycles. The van der Waals surface area contributed by atoms with Crippen LogP contribution in [-0.2, 0) is 4.74 Å². The SMILES string of the molecule is O=C(Nc1cc(Br)ccc1-c1ccccc1)OC1CN2CCC1CC2. The largest absolute Gasteiger partial charge is 0.444 e. The van der Waals surface area contributed by atoms with Crippen LogP contribution in [0.5, 0.6) is 0 Å². The first-order valence-electron chi connectivity index (χ1n) is 8.74. The number of ether oxygens (including phenoxy) is 1. The van der Waals surface area contributed by atoms with E-state index in [2.05, 4.69) is 26.1 Å². The van der Waals surface area contributed by atoms with Crippen LogP contribution in [0.25, 0.3) is 11.1 Å². The molecule has 0 saturated carbocycles. The molecule has 3 heterocycles. The van der Waals surface area contributed by atoms with Crippen LogP contribution < -0.4 is 5.32 Å². The first kappa shape index (κ1) is 16.6. The Kier molecular flexibility index (Phi) is 4.77. The van der Waals surface area contributed by atoms with Crippen molar-refractivity contribution in [1.29, 1.82) is 0 Å². The molecule has 0 spiro atoms. The Morgan fingerprint density at radius 1 is 1.12 bits per heavy atom. The summed E-state index contributed by atoms with van der Waals surface area (Å²) in [5.74, 6) is 0.506. The lowest BCUT2D eigenvalue weighted by molar-refractivity contribution is -0.0289. The predicted octanol–water partition coefficient (Wildman–Crippen LogP) is 4.76. The second kappa shape index (κ2) is 7.18. The van der Waals surface area contributed by atoms with Gasteiger partial charge in [-0.1, -0.05) is 52.3 Å². The smallest absolute Gasteiger partial charge is 0.411 e. The Balaban J connectivity index is 1.50. The summed E-state index contributed by atoms with van der Waals surface area (Å²) in [5.41, 5.74) is 2.80. The first-order chi connectivity index (χ1) is 12.2. The highest BCUT2D eigenvalue weighted by molar-refractivity contribution is 9.10. The zero-order valence-electron chi connectivity index (χ0n) is 14.0. The van der Waals surface area contributed by atoms with Gasteiger partial charge in [0.2, 0.25) is 0 Å². The minimum absolute atomic E-state index is 0.00910. The van der Waals surface area contributed by atoms with Crippen molar-refractivity contribution in [2.75, 3.05) is 25.0 Å². The monoisotopic (exact) mass is 400 g/mol. The molecule has 3 saturated heterocycles. The molecule has 130 valence electrons. The van der Waals surface area contributed by atoms with E-state index in [1.54, 1.807) is 0 Å². The van der Waals surface area contributed by atoms with Crippen LogP contribution in [0.4, 0.5) is 10.5 Å². The predicted molar refractivity (Wildman–Crippen MR) is 103 cm³/mol. The Bertz CT molecular complexity index is 758. The van der Waals surface area contributed by atoms with Crippen LogP contribution in [0.2, 0.25) is 0 Å². The topological polar surface area (TPSA) is 41.6 Å². The van der Waals surface area contributed by atoms with Crippen LogP contribution in [0.15, 0.2) is 53.0 Å². The molecule has 1 atom stereocenters. The number of fused-ring (bicyclic) bond motifs is 3. The molecule has 3 aliphatic rings. The second-order valence-corrected chi connectivity index (χ2v) is 7.68. The van der Waals surface area contributed by atoms with Gasteiger partial charge in [-0.15, -0.1) is 0 Å². The molecule has 5 heteroatoms. The summed E-state index contributed by atoms with van der Waals surface area (Å²) >= 11 is 3.49. The minimum Gasteiger partial charge on any atom is -0.444 e. The van der Waals surface area contributed by atoms with Crippen LogP contribution >= 0.6 is 15.9 Å². The van der Waals surface area contributed by atoms with Gasteiger partial charge in [0, 0.05) is 16.6 Å². The summed E-state index contributed by atoms with van der Waals surface area (Å²) in [6.45, 7) is 3.13. The molecule has 3 fully saturated rings. The van der Waals surface area contributed by atoms with Crippen LogP contribution in [-0.4, -0.2) is 36.7 Å². The van der Waals surface area contributed by atoms with E-state index < -0.39 is 0 Å². The average molecular weight is 401 g/mol. The van der Waals surface area contributed by atoms with Crippen molar-refractivity contribution in [2.45, 2.75) is 18.9 Å². The van der Waals surface area contributed by atoms with Gasteiger partial charge >= 0.3 is 6.09 Å². The fourth-order valence-corrected chi connectivity index (χ4v) is 4.17. The number of carbonyl (C=O) groups is 1. The maximum absolute atomic E-state index is 12.5. The lowest BCUT2D eigenvalue weighted by atomic mass is 9.86. The number of hydrogen-bond donors (Lipinski definition) is 1. The number of nitrogens with one attached hydrogen (secondary N) is 1. The van der Waals surface area contributed by atoms with Gasteiger partial charge in [0.05, 0.1) is 5.69 Å². The maximum Gasteiger partial charge on any atom is 0.411 e. The molecule has 0 aliphatic carbocycles. The molecule has 1 N–H and O–H groups in total. The number of benzene rings is 2. The van der Waals surface area contributed by atoms with Crippen molar-refractivity contribution in [1.82, 2.24) is 4.90 Å². The van der Waals surface area contributed by atoms with Gasteiger partial charge in [-0.25, -0.2) is 4.79 Å². The van der Waals surface area contributed by atoms with Crippen LogP contribution in [0, 0.1) is 5.92 Å². The standard InChI is InChI=1S/C20H21BrN2O2/c21-16-6-7-17(14-4-2-1-3-5-14)18(12-16)22-20(24)25-19-13-23-10-8-15(19)9-11-23/h1-7,12,15,19H,8-11,13H2,(H,22,24). The number of anilines is 1. The first-order valence-corrected chi connectivity index (χ1v) is 9.53. The number of halogens is 1. The summed E-state index contributed by atoms with van der Waals surface area (Å²) < 4.78 is 6.67. The van der Waals surface area contributed by atoms with Gasteiger partial charge in [-0.3, -0.25) is 10.2 Å². The van der Waals surface area contributed by atoms with E-state index in [0.717, 1.165) is 53.8 Å². The third kappa shape index (κ3) is 3.72. The third-order valence-corrected chi connectivity index (χ3v) is 5.65. The lowest BCUT2D eigenvalue weighted by Crippen LogP contribution is -2.52. The molecule has 1 amide bonds. The van der Waals surface area contributed by atoms with E-state index >= 15 is 0 Å². The number of rotatable bonds is 3. The van der Waals surface area contributed by atoms with E-state index in [0.29, 0.717) is 5.92 Å². The zero-order valence-corrected chi connectivity index (χ0v) is 15.5. The summed E-state index contributed by atoms with van der Waals surface area (Å²) in [6, 6.07) is 15.9. The van der Waals surface area contributed by atoms with Crippen molar-refractivity contribution in [2.24, 2.45) is 5.92 Å². The lowest BCUT2D eigenvalue weighted by Gasteiger charge is -2.43. The fourth-order valence-electron chi connectivity index (χ4n) is 3.81. The molecule has 2 aromatic carbocycles. The molecule has 2 aromatic rings. The number of piperidine rings is 3. The molecule has 4 nitrogen and oxygen atoms in total. The van der Waals surface area contributed by atoms with Crippen LogP contribution in [0.3, 0.4) is 0 Å². The molecule has 25 heavy (non-hydrogen) atoms. The highest BCUT2D eigenvalue weighted by atomic mass is 79.9. The van der Waals surface area contributed by atoms with Gasteiger partial charge in [0.1, 0.15) is 6.10 Å². The van der Waals surface area contributed by atoms with Gasteiger partial charge in [0.15, 0.2) is 0 Å². The number of amides is 1. The van der Waals surface area contributed by atoms with Crippen LogP contribution in [0.1, 0.15) is 12.8 Å². The van der Waals surface area contributed by atoms with Gasteiger partial charge < -0.3 is 4.74 Å². The number of carbonyl (C=O) groups excluding carboxylic acids is 1. The molecule has 0 aromatic heterocycles. The van der Waals surface area contributed by atoms with Crippen molar-refractivity contribution < 1.29 is 9.53 Å². The molecule has 1 unspecified atom stereocenters. The van der Waals surface area contributed by atoms with Gasteiger partial charge in [-0.05, 0) is 49.5 Å². The maximum atomic E-state index is 12.5. The van der Waals surface area contributed by atoms with Crippen molar-refractivity contribution in [3.63, 3.8) is 0 Å². The fraction of sp³-hybridized carbons (Fsp3) is 0.350. The second-order valence-electron chi connectivity index (χ2n) is 6.76. The molecule has 0 radical (unpaired) electrons. The molecule has 2 bridgehead atoms. The van der Waals surface area contributed by atoms with Crippen molar-refractivity contribution >= 4 is 27.7 Å². The highest BCUT2D eigenvalue weighted by Gasteiger charge is 2.36. The van der Waals surface area contributed by atoms with E-state index in [-0.39, 0.29) is 12.2 Å². The molecular formula is C20H21BrN2O2. The third-order valence-electron chi connectivity index (χ3n) is 5.16. The number of hydrogen-bond acceptors (Lipinski definition) is 3. The van der Waals surface area contributed by atoms with Crippen molar-refractivity contribution in [3.8, 4) is 11.1 Å². The van der Waals surface area contributed by atoms with Gasteiger partial charge in [0.25, 0.3) is 0 Å². The molecular weight excluding hydrogens is 380 g/mol. The quantitative estimate of drug-likeness (QED) is 0.807. The van der Waals surface area contributed by atoms with E-state index in [1.807, 2.05) is 48.5 Å². The summed E-state index contributed by atoms with van der Waals surface area (Å²) in [4.78, 5) is 14.9. The minimum atomic E-state index is -0.367. The molecule has 5 rings (SSSR count). The van der Waals surface area contributed by atoms with E-state index in [4.69, 9.17) is 4.74 Å².